The van der Waals surface area contributed by atoms with E-state index in [0.29, 0.717) is 13.2 Å². The van der Waals surface area contributed by atoms with Crippen LogP contribution in [0.25, 0.3) is 5.69 Å². The summed E-state index contributed by atoms with van der Waals surface area (Å²) in [5.41, 5.74) is 3.82. The van der Waals surface area contributed by atoms with E-state index in [4.69, 9.17) is 4.74 Å². The van der Waals surface area contributed by atoms with E-state index in [1.807, 2.05) is 43.1 Å². The number of hydrogen-bond acceptors (Lipinski definition) is 3. The molecule has 24 heavy (non-hydrogen) atoms. The molecule has 5 nitrogen and oxygen atoms in total. The van der Waals surface area contributed by atoms with Gasteiger partial charge < -0.3 is 14.2 Å². The second-order valence-electron chi connectivity index (χ2n) is 6.74. The van der Waals surface area contributed by atoms with Crippen LogP contribution in [0.15, 0.2) is 30.6 Å². The molecule has 126 valence electrons. The highest BCUT2D eigenvalue weighted by atomic mass is 16.5. The van der Waals surface area contributed by atoms with Gasteiger partial charge in [0.05, 0.1) is 36.2 Å². The maximum Gasteiger partial charge on any atom is 0.256 e. The first-order valence-corrected chi connectivity index (χ1v) is 8.68. The Kier molecular flexibility index (Phi) is 3.88. The summed E-state index contributed by atoms with van der Waals surface area (Å²) in [5, 5.41) is 0. The van der Waals surface area contributed by atoms with Crippen molar-refractivity contribution < 1.29 is 9.53 Å². The molecule has 2 fully saturated rings. The lowest BCUT2D eigenvalue weighted by Gasteiger charge is -2.37. The van der Waals surface area contributed by atoms with Gasteiger partial charge in [-0.1, -0.05) is 0 Å². The molecule has 5 heteroatoms. The Balaban J connectivity index is 1.68. The second-order valence-corrected chi connectivity index (χ2v) is 6.74. The Morgan fingerprint density at radius 2 is 2.21 bits per heavy atom. The minimum atomic E-state index is 0.137. The molecule has 0 bridgehead atoms. The maximum absolute atomic E-state index is 13.2. The summed E-state index contributed by atoms with van der Waals surface area (Å²) in [4.78, 5) is 19.4. The first kappa shape index (κ1) is 15.4. The number of pyridine rings is 1. The van der Waals surface area contributed by atoms with Crippen LogP contribution < -0.4 is 0 Å². The van der Waals surface area contributed by atoms with Crippen molar-refractivity contribution in [2.75, 3.05) is 13.2 Å². The average molecular weight is 325 g/mol. The minimum Gasteiger partial charge on any atom is -0.374 e. The number of rotatable bonds is 2. The van der Waals surface area contributed by atoms with Gasteiger partial charge in [0.2, 0.25) is 0 Å². The van der Waals surface area contributed by atoms with E-state index in [1.165, 1.54) is 0 Å². The molecule has 2 aliphatic rings. The zero-order valence-corrected chi connectivity index (χ0v) is 14.2. The summed E-state index contributed by atoms with van der Waals surface area (Å²) in [6.45, 7) is 5.39. The maximum atomic E-state index is 13.2. The second kappa shape index (κ2) is 6.06. The lowest BCUT2D eigenvalue weighted by molar-refractivity contribution is -0.0445. The van der Waals surface area contributed by atoms with E-state index < -0.39 is 0 Å². The number of ether oxygens (including phenoxy) is 1. The molecular formula is C19H23N3O2. The number of hydrogen-bond donors (Lipinski definition) is 0. The summed E-state index contributed by atoms with van der Waals surface area (Å²) >= 11 is 0. The van der Waals surface area contributed by atoms with Crippen LogP contribution in [-0.2, 0) is 4.74 Å². The van der Waals surface area contributed by atoms with Gasteiger partial charge in [-0.3, -0.25) is 9.78 Å². The molecule has 0 radical (unpaired) electrons. The topological polar surface area (TPSA) is 47.4 Å². The minimum absolute atomic E-state index is 0.137. The molecule has 1 saturated heterocycles. The number of amides is 1. The first-order valence-electron chi connectivity index (χ1n) is 8.68. The number of carbonyl (C=O) groups excluding carboxylic acids is 1. The third kappa shape index (κ3) is 2.44. The third-order valence-corrected chi connectivity index (χ3v) is 5.31. The van der Waals surface area contributed by atoms with E-state index in [0.717, 1.165) is 41.9 Å². The number of carbonyl (C=O) groups is 1. The Labute approximate surface area is 142 Å². The van der Waals surface area contributed by atoms with Crippen LogP contribution in [0.5, 0.6) is 0 Å². The molecule has 1 aliphatic heterocycles. The number of aromatic nitrogens is 2. The zero-order chi connectivity index (χ0) is 16.7. The van der Waals surface area contributed by atoms with Crippen LogP contribution in [0.3, 0.4) is 0 Å². The summed E-state index contributed by atoms with van der Waals surface area (Å²) in [7, 11) is 0. The lowest BCUT2D eigenvalue weighted by atomic mass is 10.1. The SMILES string of the molecule is Cc1cc(C(=O)N2CCO[C@H]3CCC[C@@H]32)c(C)n1-c1cccnc1. The Morgan fingerprint density at radius 3 is 3.00 bits per heavy atom. The van der Waals surface area contributed by atoms with Gasteiger partial charge in [0.15, 0.2) is 0 Å². The molecule has 1 amide bonds. The highest BCUT2D eigenvalue weighted by Gasteiger charge is 2.39. The Hall–Kier alpha value is -2.14. The van der Waals surface area contributed by atoms with E-state index in [1.54, 1.807) is 6.20 Å². The number of nitrogens with zero attached hydrogens (tertiary/aromatic N) is 3. The molecule has 0 N–H and O–H groups in total. The fourth-order valence-corrected chi connectivity index (χ4v) is 4.20. The van der Waals surface area contributed by atoms with Crippen LogP contribution in [0.4, 0.5) is 0 Å². The lowest BCUT2D eigenvalue weighted by Crippen LogP contribution is -2.51. The molecule has 0 spiro atoms. The van der Waals surface area contributed by atoms with E-state index in [2.05, 4.69) is 9.55 Å². The van der Waals surface area contributed by atoms with Gasteiger partial charge in [0.1, 0.15) is 0 Å². The quantitative estimate of drug-likeness (QED) is 0.853. The summed E-state index contributed by atoms with van der Waals surface area (Å²) < 4.78 is 7.94. The van der Waals surface area contributed by atoms with Crippen LogP contribution in [0.1, 0.15) is 41.0 Å². The molecular weight excluding hydrogens is 302 g/mol. The van der Waals surface area contributed by atoms with Gasteiger partial charge in [0, 0.05) is 24.1 Å². The van der Waals surface area contributed by atoms with E-state index in [-0.39, 0.29) is 18.1 Å². The van der Waals surface area contributed by atoms with Crippen molar-refractivity contribution >= 4 is 5.91 Å². The molecule has 4 rings (SSSR count). The average Bonchev–Trinajstić information content (AvgIpc) is 3.19. The molecule has 0 unspecified atom stereocenters. The summed E-state index contributed by atoms with van der Waals surface area (Å²) in [6.07, 6.45) is 7.09. The Morgan fingerprint density at radius 1 is 1.33 bits per heavy atom. The smallest absolute Gasteiger partial charge is 0.256 e. The third-order valence-electron chi connectivity index (χ3n) is 5.31. The van der Waals surface area contributed by atoms with Crippen LogP contribution in [0, 0.1) is 13.8 Å². The summed E-state index contributed by atoms with van der Waals surface area (Å²) in [5.74, 6) is 0.137. The molecule has 2 atom stereocenters. The number of aryl methyl sites for hydroxylation is 1. The molecule has 1 saturated carbocycles. The van der Waals surface area contributed by atoms with Crippen molar-refractivity contribution in [3.63, 3.8) is 0 Å². The van der Waals surface area contributed by atoms with Gasteiger partial charge in [-0.15, -0.1) is 0 Å². The van der Waals surface area contributed by atoms with E-state index in [9.17, 15) is 4.79 Å². The fraction of sp³-hybridized carbons (Fsp3) is 0.474. The molecule has 3 heterocycles. The van der Waals surface area contributed by atoms with Gasteiger partial charge in [-0.05, 0) is 51.3 Å². The van der Waals surface area contributed by atoms with Gasteiger partial charge in [-0.25, -0.2) is 0 Å². The zero-order valence-electron chi connectivity index (χ0n) is 14.2. The first-order chi connectivity index (χ1) is 11.7. The predicted octanol–water partition coefficient (Wildman–Crippen LogP) is 2.88. The molecule has 0 aromatic carbocycles. The predicted molar refractivity (Wildman–Crippen MR) is 91.5 cm³/mol. The van der Waals surface area contributed by atoms with Crippen molar-refractivity contribution in [2.24, 2.45) is 0 Å². The highest BCUT2D eigenvalue weighted by molar-refractivity contribution is 5.96. The van der Waals surface area contributed by atoms with Crippen molar-refractivity contribution in [1.82, 2.24) is 14.5 Å². The largest absolute Gasteiger partial charge is 0.374 e. The molecule has 2 aromatic rings. The van der Waals surface area contributed by atoms with Crippen molar-refractivity contribution in [1.29, 1.82) is 0 Å². The monoisotopic (exact) mass is 325 g/mol. The van der Waals surface area contributed by atoms with E-state index >= 15 is 0 Å². The number of fused-ring (bicyclic) bond motifs is 1. The number of morpholine rings is 1. The summed E-state index contributed by atoms with van der Waals surface area (Å²) in [6, 6.07) is 6.18. The van der Waals surface area contributed by atoms with Crippen molar-refractivity contribution in [2.45, 2.75) is 45.3 Å². The normalized spacial score (nSPS) is 23.3. The van der Waals surface area contributed by atoms with Gasteiger partial charge in [-0.2, -0.15) is 0 Å². The fourth-order valence-electron chi connectivity index (χ4n) is 4.20. The van der Waals surface area contributed by atoms with Gasteiger partial charge >= 0.3 is 0 Å². The van der Waals surface area contributed by atoms with Crippen molar-refractivity contribution in [3.05, 3.63) is 47.5 Å². The van der Waals surface area contributed by atoms with Crippen LogP contribution in [0.2, 0.25) is 0 Å². The highest BCUT2D eigenvalue weighted by Crippen LogP contribution is 2.31. The molecule has 1 aliphatic carbocycles. The van der Waals surface area contributed by atoms with Crippen LogP contribution >= 0.6 is 0 Å². The standard InChI is InChI=1S/C19H23N3O2/c1-13-11-16(14(2)22(13)15-5-4-8-20-12-15)19(23)21-9-10-24-18-7-3-6-17(18)21/h4-5,8,11-12,17-18H,3,6-7,9-10H2,1-2H3/t17-,18-/m0/s1. The van der Waals surface area contributed by atoms with Gasteiger partial charge in [0.25, 0.3) is 5.91 Å². The van der Waals surface area contributed by atoms with Crippen molar-refractivity contribution in [3.8, 4) is 5.69 Å². The molecule has 2 aromatic heterocycles. The Bertz CT molecular complexity index is 753. The van der Waals surface area contributed by atoms with Crippen LogP contribution in [-0.4, -0.2) is 45.7 Å².